The molecule has 40 heavy (non-hydrogen) atoms. The maximum Gasteiger partial charge on any atom is 0.343 e. The Labute approximate surface area is 230 Å². The molecule has 2 aromatic carbocycles. The molecule has 2 aliphatic rings. The lowest BCUT2D eigenvalue weighted by Crippen LogP contribution is -2.44. The molecule has 0 amide bonds. The molecule has 4 N–H and O–H groups in total. The van der Waals surface area contributed by atoms with E-state index in [4.69, 9.17) is 18.9 Å². The number of methoxy groups -OCH3 is 2. The van der Waals surface area contributed by atoms with Gasteiger partial charge in [-0.1, -0.05) is 12.1 Å². The Morgan fingerprint density at radius 3 is 1.52 bits per heavy atom. The SMILES string of the molecule is COC(=O)CCC1CNc2cccc(OC(=O)C(O)C(O)C(=O)Oc3cccc4c3C(CCC(=O)OC)CN4)c21. The topological polar surface area (TPSA) is 170 Å². The molecular weight excluding hydrogens is 524 g/mol. The van der Waals surface area contributed by atoms with Crippen molar-refractivity contribution in [3.05, 3.63) is 47.5 Å². The quantitative estimate of drug-likeness (QED) is 0.234. The Kier molecular flexibility index (Phi) is 9.22. The third-order valence-electron chi connectivity index (χ3n) is 7.08. The fraction of sp³-hybridized carbons (Fsp3) is 0.429. The van der Waals surface area contributed by atoms with E-state index < -0.39 is 24.1 Å². The molecule has 0 saturated carbocycles. The zero-order chi connectivity index (χ0) is 28.8. The lowest BCUT2D eigenvalue weighted by atomic mass is 9.95. The molecule has 12 nitrogen and oxygen atoms in total. The zero-order valence-electron chi connectivity index (χ0n) is 22.2. The third-order valence-corrected chi connectivity index (χ3v) is 7.08. The number of benzene rings is 2. The van der Waals surface area contributed by atoms with Gasteiger partial charge < -0.3 is 39.8 Å². The Hall–Kier alpha value is -4.16. The largest absolute Gasteiger partial charge is 0.469 e. The van der Waals surface area contributed by atoms with Crippen LogP contribution in [0.25, 0.3) is 0 Å². The fourth-order valence-electron chi connectivity index (χ4n) is 4.96. The first kappa shape index (κ1) is 28.8. The van der Waals surface area contributed by atoms with Gasteiger partial charge in [0.25, 0.3) is 0 Å². The van der Waals surface area contributed by atoms with Crippen molar-refractivity contribution < 1.29 is 48.3 Å². The summed E-state index contributed by atoms with van der Waals surface area (Å²) in [6.07, 6.45) is -3.24. The number of nitrogens with one attached hydrogen (secondary N) is 2. The number of esters is 4. The lowest BCUT2D eigenvalue weighted by molar-refractivity contribution is -0.162. The van der Waals surface area contributed by atoms with Crippen molar-refractivity contribution in [2.24, 2.45) is 0 Å². The molecule has 2 aliphatic heterocycles. The second kappa shape index (κ2) is 12.8. The molecule has 4 unspecified atom stereocenters. The molecule has 2 aromatic rings. The van der Waals surface area contributed by atoms with Gasteiger partial charge in [-0.15, -0.1) is 0 Å². The predicted octanol–water partition coefficient (Wildman–Crippen LogP) is 1.84. The number of rotatable bonds is 11. The highest BCUT2D eigenvalue weighted by molar-refractivity contribution is 5.88. The highest BCUT2D eigenvalue weighted by Gasteiger charge is 2.36. The smallest absolute Gasteiger partial charge is 0.343 e. The number of hydrogen-bond acceptors (Lipinski definition) is 12. The molecule has 0 fully saturated rings. The summed E-state index contributed by atoms with van der Waals surface area (Å²) in [6, 6.07) is 9.93. The molecule has 12 heteroatoms. The molecule has 0 aliphatic carbocycles. The number of carbonyl (C=O) groups excluding carboxylic acids is 4. The molecule has 0 bridgehead atoms. The van der Waals surface area contributed by atoms with E-state index in [0.717, 1.165) is 0 Å². The Morgan fingerprint density at radius 2 is 1.15 bits per heavy atom. The van der Waals surface area contributed by atoms with Crippen LogP contribution in [0.5, 0.6) is 11.5 Å². The number of hydrogen-bond donors (Lipinski definition) is 4. The molecule has 4 atom stereocenters. The van der Waals surface area contributed by atoms with Crippen LogP contribution in [0.3, 0.4) is 0 Å². The van der Waals surface area contributed by atoms with Gasteiger partial charge in [-0.05, 0) is 37.1 Å². The molecule has 0 radical (unpaired) electrons. The summed E-state index contributed by atoms with van der Waals surface area (Å²) in [5.41, 5.74) is 2.72. The van der Waals surface area contributed by atoms with Crippen molar-refractivity contribution in [1.29, 1.82) is 0 Å². The third kappa shape index (κ3) is 6.35. The normalized spacial score (nSPS) is 18.3. The number of carbonyl (C=O) groups is 4. The van der Waals surface area contributed by atoms with Gasteiger partial charge in [0, 0.05) is 60.3 Å². The van der Waals surface area contributed by atoms with E-state index >= 15 is 0 Å². The van der Waals surface area contributed by atoms with Crippen molar-refractivity contribution >= 4 is 35.3 Å². The second-order valence-corrected chi connectivity index (χ2v) is 9.55. The number of fused-ring (bicyclic) bond motifs is 2. The zero-order valence-corrected chi connectivity index (χ0v) is 22.2. The van der Waals surface area contributed by atoms with Crippen molar-refractivity contribution in [1.82, 2.24) is 0 Å². The van der Waals surface area contributed by atoms with E-state index in [1.807, 2.05) is 0 Å². The standard InChI is InChI=1S/C28H32N2O10/c1-37-21(31)11-9-15-13-29-17-5-3-7-19(23(15)17)39-27(35)25(33)26(34)28(36)40-20-8-4-6-18-24(20)16(14-30-18)10-12-22(32)38-2/h3-8,15-16,25-26,29-30,33-34H,9-14H2,1-2H3. The monoisotopic (exact) mass is 556 g/mol. The summed E-state index contributed by atoms with van der Waals surface area (Å²) in [5, 5.41) is 27.3. The van der Waals surface area contributed by atoms with E-state index in [0.29, 0.717) is 48.4 Å². The van der Waals surface area contributed by atoms with Crippen LogP contribution in [-0.2, 0) is 28.7 Å². The van der Waals surface area contributed by atoms with Crippen molar-refractivity contribution in [2.75, 3.05) is 37.9 Å². The molecule has 2 heterocycles. The van der Waals surface area contributed by atoms with Crippen LogP contribution in [0.2, 0.25) is 0 Å². The molecule has 0 spiro atoms. The first-order valence-corrected chi connectivity index (χ1v) is 12.9. The highest BCUT2D eigenvalue weighted by atomic mass is 16.6. The maximum atomic E-state index is 12.8. The summed E-state index contributed by atoms with van der Waals surface area (Å²) < 4.78 is 20.2. The number of aliphatic hydroxyl groups is 2. The van der Waals surface area contributed by atoms with E-state index in [1.54, 1.807) is 24.3 Å². The average molecular weight is 557 g/mol. The van der Waals surface area contributed by atoms with Crippen LogP contribution >= 0.6 is 0 Å². The van der Waals surface area contributed by atoms with Crippen LogP contribution in [-0.4, -0.2) is 73.6 Å². The van der Waals surface area contributed by atoms with E-state index in [2.05, 4.69) is 10.6 Å². The van der Waals surface area contributed by atoms with Crippen molar-refractivity contribution in [2.45, 2.75) is 49.7 Å². The van der Waals surface area contributed by atoms with Gasteiger partial charge in [-0.2, -0.15) is 0 Å². The first-order valence-electron chi connectivity index (χ1n) is 12.9. The number of anilines is 2. The van der Waals surface area contributed by atoms with Crippen LogP contribution in [0, 0.1) is 0 Å². The first-order chi connectivity index (χ1) is 19.2. The number of ether oxygens (including phenoxy) is 4. The molecule has 214 valence electrons. The molecule has 4 rings (SSSR count). The average Bonchev–Trinajstić information content (AvgIpc) is 3.58. The van der Waals surface area contributed by atoms with Crippen LogP contribution in [0.15, 0.2) is 36.4 Å². The Balaban J connectivity index is 1.42. The van der Waals surface area contributed by atoms with Crippen molar-refractivity contribution in [3.8, 4) is 11.5 Å². The van der Waals surface area contributed by atoms with Crippen molar-refractivity contribution in [3.63, 3.8) is 0 Å². The molecule has 0 saturated heterocycles. The highest BCUT2D eigenvalue weighted by Crippen LogP contribution is 2.42. The summed E-state index contributed by atoms with van der Waals surface area (Å²) >= 11 is 0. The minimum absolute atomic E-state index is 0.141. The predicted molar refractivity (Wildman–Crippen MR) is 141 cm³/mol. The maximum absolute atomic E-state index is 12.8. The van der Waals surface area contributed by atoms with E-state index in [9.17, 15) is 29.4 Å². The Morgan fingerprint density at radius 1 is 0.750 bits per heavy atom. The minimum Gasteiger partial charge on any atom is -0.469 e. The van der Waals surface area contributed by atoms with Gasteiger partial charge in [0.15, 0.2) is 12.2 Å². The van der Waals surface area contributed by atoms with Gasteiger partial charge in [-0.3, -0.25) is 9.59 Å². The van der Waals surface area contributed by atoms with E-state index in [-0.39, 0.29) is 48.1 Å². The minimum atomic E-state index is -2.23. The Bertz CT molecular complexity index is 1180. The lowest BCUT2D eigenvalue weighted by Gasteiger charge is -2.19. The van der Waals surface area contributed by atoms with Gasteiger partial charge in [0.05, 0.1) is 14.2 Å². The van der Waals surface area contributed by atoms with Crippen LogP contribution < -0.4 is 20.1 Å². The van der Waals surface area contributed by atoms with Gasteiger partial charge in [0.1, 0.15) is 11.5 Å². The summed E-state index contributed by atoms with van der Waals surface area (Å²) in [4.78, 5) is 48.7. The van der Waals surface area contributed by atoms with Crippen LogP contribution in [0.1, 0.15) is 48.6 Å². The number of aliphatic hydroxyl groups excluding tert-OH is 2. The fourth-order valence-corrected chi connectivity index (χ4v) is 4.96. The van der Waals surface area contributed by atoms with Gasteiger partial charge in [0.2, 0.25) is 0 Å². The molecular formula is C28H32N2O10. The van der Waals surface area contributed by atoms with Gasteiger partial charge >= 0.3 is 23.9 Å². The summed E-state index contributed by atoms with van der Waals surface area (Å²) in [5.74, 6) is -3.26. The summed E-state index contributed by atoms with van der Waals surface area (Å²) in [6.45, 7) is 1.02. The van der Waals surface area contributed by atoms with Gasteiger partial charge in [-0.25, -0.2) is 9.59 Å². The van der Waals surface area contributed by atoms with Crippen LogP contribution in [0.4, 0.5) is 11.4 Å². The van der Waals surface area contributed by atoms with E-state index in [1.165, 1.54) is 26.4 Å². The second-order valence-electron chi connectivity index (χ2n) is 9.55. The molecule has 0 aromatic heterocycles. The summed E-state index contributed by atoms with van der Waals surface area (Å²) in [7, 11) is 2.61.